The lowest BCUT2D eigenvalue weighted by atomic mass is 9.94. The van der Waals surface area contributed by atoms with Crippen molar-refractivity contribution in [3.05, 3.63) is 89.5 Å². The fourth-order valence-electron chi connectivity index (χ4n) is 4.00. The van der Waals surface area contributed by atoms with Crippen LogP contribution in [0.3, 0.4) is 0 Å². The summed E-state index contributed by atoms with van der Waals surface area (Å²) in [7, 11) is 3.48. The predicted octanol–water partition coefficient (Wildman–Crippen LogP) is 6.14. The van der Waals surface area contributed by atoms with Gasteiger partial charge in [-0.05, 0) is 46.9 Å². The summed E-state index contributed by atoms with van der Waals surface area (Å²) < 4.78 is 7.03. The van der Waals surface area contributed by atoms with Crippen molar-refractivity contribution >= 4 is 29.2 Å². The molecule has 0 saturated heterocycles. The number of thiocarbonyl (C=S) groups is 1. The lowest BCUT2D eigenvalue weighted by Crippen LogP contribution is -2.07. The molecule has 0 aliphatic carbocycles. The van der Waals surface area contributed by atoms with Gasteiger partial charge in [0.25, 0.3) is 0 Å². The maximum absolute atomic E-state index is 5.62. The smallest absolute Gasteiger partial charge is 0.226 e. The summed E-state index contributed by atoms with van der Waals surface area (Å²) in [6, 6.07) is 24.2. The van der Waals surface area contributed by atoms with Crippen molar-refractivity contribution in [2.45, 2.75) is 26.2 Å². The first kappa shape index (κ1) is 25.3. The molecule has 1 heterocycles. The van der Waals surface area contributed by atoms with Gasteiger partial charge in [0, 0.05) is 30.1 Å². The molecular weight excluding hydrogens is 466 g/mol. The van der Waals surface area contributed by atoms with E-state index in [4.69, 9.17) is 22.1 Å². The summed E-state index contributed by atoms with van der Waals surface area (Å²) in [6.07, 6.45) is 2.64. The highest BCUT2D eigenvalue weighted by Gasteiger charge is 2.12. The highest BCUT2D eigenvalue weighted by Crippen LogP contribution is 2.23. The van der Waals surface area contributed by atoms with E-state index in [2.05, 4.69) is 53.4 Å². The van der Waals surface area contributed by atoms with E-state index < -0.39 is 0 Å². The number of aromatic nitrogens is 3. The fraction of sp³-hybridized carbons (Fsp3) is 0.241. The Balaban J connectivity index is 1.41. The number of benzene rings is 3. The van der Waals surface area contributed by atoms with Crippen molar-refractivity contribution in [1.29, 1.82) is 0 Å². The summed E-state index contributed by atoms with van der Waals surface area (Å²) in [5.74, 6) is 2.58. The molecule has 0 fully saturated rings. The Labute approximate surface area is 218 Å². The van der Waals surface area contributed by atoms with Crippen molar-refractivity contribution in [1.82, 2.24) is 14.8 Å². The molecule has 0 aliphatic heterocycles. The van der Waals surface area contributed by atoms with Crippen LogP contribution in [0.5, 0.6) is 5.75 Å². The highest BCUT2D eigenvalue weighted by molar-refractivity contribution is 7.80. The number of nitrogens with one attached hydrogen (secondary N) is 1. The molecule has 7 heteroatoms. The third kappa shape index (κ3) is 6.04. The second kappa shape index (κ2) is 11.7. The molecule has 6 nitrogen and oxygen atoms in total. The zero-order valence-electron chi connectivity index (χ0n) is 21.1. The van der Waals surface area contributed by atoms with Gasteiger partial charge in [-0.1, -0.05) is 74.6 Å². The van der Waals surface area contributed by atoms with Crippen LogP contribution in [0.25, 0.3) is 17.1 Å². The lowest BCUT2D eigenvalue weighted by molar-refractivity contribution is 0.414. The molecule has 3 aromatic carbocycles. The van der Waals surface area contributed by atoms with Crippen LogP contribution in [0.4, 0.5) is 5.95 Å². The number of ether oxygens (including phenoxy) is 1. The largest absolute Gasteiger partial charge is 0.497 e. The van der Waals surface area contributed by atoms with Crippen LogP contribution in [-0.4, -0.2) is 46.5 Å². The average Bonchev–Trinajstić information content (AvgIpc) is 3.34. The van der Waals surface area contributed by atoms with Crippen LogP contribution in [-0.2, 0) is 6.42 Å². The Morgan fingerprint density at radius 1 is 1.06 bits per heavy atom. The Morgan fingerprint density at radius 2 is 1.78 bits per heavy atom. The third-order valence-corrected chi connectivity index (χ3v) is 6.16. The first-order valence-corrected chi connectivity index (χ1v) is 12.4. The zero-order chi connectivity index (χ0) is 25.5. The Hall–Kier alpha value is -3.84. The van der Waals surface area contributed by atoms with Crippen molar-refractivity contribution in [2.24, 2.45) is 4.99 Å². The molecule has 4 aromatic rings. The van der Waals surface area contributed by atoms with Gasteiger partial charge in [0.2, 0.25) is 5.95 Å². The topological polar surface area (TPSA) is 64.3 Å². The van der Waals surface area contributed by atoms with Crippen molar-refractivity contribution in [2.75, 3.05) is 26.0 Å². The maximum atomic E-state index is 5.62. The Morgan fingerprint density at radius 3 is 2.44 bits per heavy atom. The van der Waals surface area contributed by atoms with Gasteiger partial charge in [0.05, 0.1) is 19.3 Å². The van der Waals surface area contributed by atoms with E-state index in [0.717, 1.165) is 33.8 Å². The first-order valence-electron chi connectivity index (χ1n) is 12.0. The molecule has 0 unspecified atom stereocenters. The number of hydrogen-bond acceptors (Lipinski definition) is 6. The zero-order valence-corrected chi connectivity index (χ0v) is 21.9. The van der Waals surface area contributed by atoms with Crippen LogP contribution >= 0.6 is 12.2 Å². The molecule has 1 aromatic heterocycles. The van der Waals surface area contributed by atoms with E-state index in [1.807, 2.05) is 61.8 Å². The van der Waals surface area contributed by atoms with E-state index >= 15 is 0 Å². The molecule has 4 rings (SSSR count). The molecule has 184 valence electrons. The molecule has 0 atom stereocenters. The standard InChI is InChI=1S/C29H31N5OS/c1-20(2)27-8-6-5-7-23(27)17-26(36)19-31-18-21-9-11-22(12-10-21)28-32-29(30-3)34(33-28)24-13-15-25(35-4)16-14-24/h5-16,18,20H,17,19H2,1-4H3,(H,30,32,33). The molecular formula is C29H31N5OS. The molecule has 1 N–H and O–H groups in total. The van der Waals surface area contributed by atoms with Crippen LogP contribution in [0.15, 0.2) is 77.8 Å². The first-order chi connectivity index (χ1) is 17.5. The second-order valence-electron chi connectivity index (χ2n) is 8.78. The molecule has 36 heavy (non-hydrogen) atoms. The van der Waals surface area contributed by atoms with Gasteiger partial charge in [-0.3, -0.25) is 4.99 Å². The SMILES string of the molecule is CNc1nc(-c2ccc(C=NCC(=S)Cc3ccccc3C(C)C)cc2)nn1-c1ccc(OC)cc1. The van der Waals surface area contributed by atoms with Gasteiger partial charge >= 0.3 is 0 Å². The van der Waals surface area contributed by atoms with Gasteiger partial charge in [-0.25, -0.2) is 0 Å². The summed E-state index contributed by atoms with van der Waals surface area (Å²) in [6.45, 7) is 4.95. The number of aliphatic imine (C=N–C) groups is 1. The quantitative estimate of drug-likeness (QED) is 0.211. The minimum atomic E-state index is 0.479. The summed E-state index contributed by atoms with van der Waals surface area (Å²) in [5.41, 5.74) is 5.47. The van der Waals surface area contributed by atoms with Gasteiger partial charge in [0.15, 0.2) is 5.82 Å². The lowest BCUT2D eigenvalue weighted by Gasteiger charge is -2.12. The Kier molecular flexibility index (Phi) is 8.23. The number of methoxy groups -OCH3 is 1. The molecule has 0 amide bonds. The molecule has 0 bridgehead atoms. The van der Waals surface area contributed by atoms with E-state index in [1.165, 1.54) is 11.1 Å². The van der Waals surface area contributed by atoms with Gasteiger partial charge in [-0.15, -0.1) is 5.10 Å². The second-order valence-corrected chi connectivity index (χ2v) is 9.36. The van der Waals surface area contributed by atoms with Gasteiger partial charge in [0.1, 0.15) is 5.75 Å². The normalized spacial score (nSPS) is 11.2. The van der Waals surface area contributed by atoms with E-state index in [1.54, 1.807) is 11.8 Å². The highest BCUT2D eigenvalue weighted by atomic mass is 32.1. The number of rotatable bonds is 10. The van der Waals surface area contributed by atoms with Crippen molar-refractivity contribution in [3.63, 3.8) is 0 Å². The van der Waals surface area contributed by atoms with Crippen LogP contribution in [0, 0.1) is 0 Å². The van der Waals surface area contributed by atoms with Crippen LogP contribution in [0.1, 0.15) is 36.5 Å². The summed E-state index contributed by atoms with van der Waals surface area (Å²) >= 11 is 5.62. The number of nitrogens with zero attached hydrogens (tertiary/aromatic N) is 4. The van der Waals surface area contributed by atoms with Gasteiger partial charge < -0.3 is 10.1 Å². The van der Waals surface area contributed by atoms with Crippen molar-refractivity contribution in [3.8, 4) is 22.8 Å². The van der Waals surface area contributed by atoms with Gasteiger partial charge in [-0.2, -0.15) is 9.67 Å². The molecule has 0 saturated carbocycles. The number of hydrogen-bond donors (Lipinski definition) is 1. The van der Waals surface area contributed by atoms with E-state index in [0.29, 0.717) is 24.2 Å². The molecule has 0 radical (unpaired) electrons. The van der Waals surface area contributed by atoms with Crippen LogP contribution < -0.4 is 10.1 Å². The third-order valence-electron chi connectivity index (χ3n) is 5.89. The average molecular weight is 498 g/mol. The van der Waals surface area contributed by atoms with E-state index in [-0.39, 0.29) is 0 Å². The number of anilines is 1. The minimum absolute atomic E-state index is 0.479. The Bertz CT molecular complexity index is 1340. The predicted molar refractivity (Wildman–Crippen MR) is 152 cm³/mol. The van der Waals surface area contributed by atoms with Crippen molar-refractivity contribution < 1.29 is 4.74 Å². The molecule has 0 spiro atoms. The summed E-state index contributed by atoms with van der Waals surface area (Å²) in [5, 5.41) is 7.82. The monoisotopic (exact) mass is 497 g/mol. The fourth-order valence-corrected chi connectivity index (χ4v) is 4.23. The molecule has 0 aliphatic rings. The van der Waals surface area contributed by atoms with Crippen LogP contribution in [0.2, 0.25) is 0 Å². The summed E-state index contributed by atoms with van der Waals surface area (Å²) in [4.78, 5) is 10.2. The maximum Gasteiger partial charge on any atom is 0.226 e. The van der Waals surface area contributed by atoms with E-state index in [9.17, 15) is 0 Å². The minimum Gasteiger partial charge on any atom is -0.497 e.